The van der Waals surface area contributed by atoms with Crippen molar-refractivity contribution in [1.29, 1.82) is 0 Å². The largest absolute Gasteiger partial charge is 0.279 e. The molecule has 0 N–H and O–H groups in total. The molecule has 7 heteroatoms. The van der Waals surface area contributed by atoms with Crippen molar-refractivity contribution in [2.75, 3.05) is 4.90 Å². The van der Waals surface area contributed by atoms with Crippen molar-refractivity contribution in [2.45, 2.75) is 6.42 Å². The van der Waals surface area contributed by atoms with E-state index in [0.29, 0.717) is 23.4 Å². The van der Waals surface area contributed by atoms with E-state index in [9.17, 15) is 0 Å². The molecule has 0 atom stereocenters. The Kier molecular flexibility index (Phi) is 8.31. The van der Waals surface area contributed by atoms with E-state index < -0.39 is 0 Å². The molecule has 0 spiro atoms. The highest BCUT2D eigenvalue weighted by Gasteiger charge is 2.27. The van der Waals surface area contributed by atoms with Crippen LogP contribution in [0.5, 0.6) is 0 Å². The molecule has 0 fully saturated rings. The third-order valence-electron chi connectivity index (χ3n) is 11.5. The fourth-order valence-corrected chi connectivity index (χ4v) is 9.77. The van der Waals surface area contributed by atoms with Crippen LogP contribution in [0.3, 0.4) is 0 Å². The van der Waals surface area contributed by atoms with Crippen molar-refractivity contribution in [3.05, 3.63) is 205 Å². The predicted octanol–water partition coefficient (Wildman–Crippen LogP) is 13.9. The molecule has 0 amide bonds. The molecule has 4 heterocycles. The van der Waals surface area contributed by atoms with Gasteiger partial charge in [0.15, 0.2) is 17.5 Å². The molecule has 1 aliphatic heterocycles. The molecule has 286 valence electrons. The van der Waals surface area contributed by atoms with Gasteiger partial charge in [-0.2, -0.15) is 0 Å². The van der Waals surface area contributed by atoms with Gasteiger partial charge in [0.05, 0.1) is 22.6 Å². The Balaban J connectivity index is 0.993. The zero-order chi connectivity index (χ0) is 40.3. The minimum absolute atomic E-state index is 0.650. The second-order valence-electron chi connectivity index (χ2n) is 15.3. The summed E-state index contributed by atoms with van der Waals surface area (Å²) in [5.74, 6) is 2.61. The van der Waals surface area contributed by atoms with E-state index >= 15 is 0 Å². The summed E-state index contributed by atoms with van der Waals surface area (Å²) in [6.07, 6.45) is 0.801. The summed E-state index contributed by atoms with van der Waals surface area (Å²) in [4.78, 5) is 27.9. The molecule has 0 bridgehead atoms. The molecule has 0 saturated carbocycles. The first-order valence-corrected chi connectivity index (χ1v) is 21.2. The Morgan fingerprint density at radius 1 is 0.393 bits per heavy atom. The first-order chi connectivity index (χ1) is 30.2. The second kappa shape index (κ2) is 14.4. The van der Waals surface area contributed by atoms with Crippen molar-refractivity contribution in [2.24, 2.45) is 0 Å². The summed E-state index contributed by atoms with van der Waals surface area (Å²) in [5, 5.41) is 3.36. The fourth-order valence-electron chi connectivity index (χ4n) is 8.66. The summed E-state index contributed by atoms with van der Waals surface area (Å²) in [7, 11) is 0. The summed E-state index contributed by atoms with van der Waals surface area (Å²) < 4.78 is 2.41. The van der Waals surface area contributed by atoms with Gasteiger partial charge in [-0.05, 0) is 64.7 Å². The SMILES string of the molecule is c1ccc(-c2nc(-c3ccccc3)nc(-c3cccc4sc5ccc(-c6ccc7c(c6)Cc6ccccc6N7c6nc(-c7ccccc7)c7ccccc7n6)cc5c34)n2)cc1. The highest BCUT2D eigenvalue weighted by molar-refractivity contribution is 7.26. The molecular weight excluding hydrogens is 765 g/mol. The number of benzene rings is 8. The molecule has 0 saturated heterocycles. The Bertz CT molecular complexity index is 3400. The van der Waals surface area contributed by atoms with Gasteiger partial charge in [0.25, 0.3) is 0 Å². The lowest BCUT2D eigenvalue weighted by molar-refractivity contribution is 1.03. The lowest BCUT2D eigenvalue weighted by Gasteiger charge is -2.32. The van der Waals surface area contributed by atoms with Gasteiger partial charge in [-0.1, -0.05) is 152 Å². The summed E-state index contributed by atoms with van der Waals surface area (Å²) in [6.45, 7) is 0. The van der Waals surface area contributed by atoms with Crippen LogP contribution in [-0.2, 0) is 6.42 Å². The van der Waals surface area contributed by atoms with Gasteiger partial charge in [0, 0.05) is 54.2 Å². The lowest BCUT2D eigenvalue weighted by Crippen LogP contribution is -2.21. The predicted molar refractivity (Wildman–Crippen MR) is 250 cm³/mol. The molecule has 0 radical (unpaired) electrons. The normalized spacial score (nSPS) is 12.2. The minimum atomic E-state index is 0.650. The quantitative estimate of drug-likeness (QED) is 0.167. The third-order valence-corrected chi connectivity index (χ3v) is 12.7. The topological polar surface area (TPSA) is 67.7 Å². The van der Waals surface area contributed by atoms with Crippen LogP contribution >= 0.6 is 11.3 Å². The Morgan fingerprint density at radius 2 is 1.02 bits per heavy atom. The summed E-state index contributed by atoms with van der Waals surface area (Å²) >= 11 is 1.80. The molecule has 0 aliphatic carbocycles. The summed E-state index contributed by atoms with van der Waals surface area (Å²) in [5.41, 5.74) is 12.7. The number of para-hydroxylation sites is 2. The average molecular weight is 799 g/mol. The Hall–Kier alpha value is -7.87. The molecule has 6 nitrogen and oxygen atoms in total. The van der Waals surface area contributed by atoms with Crippen molar-refractivity contribution in [3.63, 3.8) is 0 Å². The van der Waals surface area contributed by atoms with Gasteiger partial charge >= 0.3 is 0 Å². The molecule has 8 aromatic carbocycles. The van der Waals surface area contributed by atoms with Crippen molar-refractivity contribution in [3.8, 4) is 56.5 Å². The number of rotatable bonds is 6. The standard InChI is InChI=1S/C54H34N6S/c1-4-15-34(16-5-1)50-41-22-11-12-24-44(41)55-54(56-50)60-45-25-13-10-21-39(45)32-40-31-37(27-29-46(40)60)38-28-30-47-43(33-38)49-42(23-14-26-48(49)61-47)53-58-51(35-17-6-2-7-18-35)57-52(59-53)36-19-8-3-9-20-36/h1-31,33H,32H2. The Morgan fingerprint density at radius 3 is 1.79 bits per heavy atom. The number of hydrogen-bond acceptors (Lipinski definition) is 7. The smallest absolute Gasteiger partial charge is 0.235 e. The van der Waals surface area contributed by atoms with E-state index in [0.717, 1.165) is 73.2 Å². The van der Waals surface area contributed by atoms with Gasteiger partial charge in [-0.15, -0.1) is 11.3 Å². The van der Waals surface area contributed by atoms with Crippen LogP contribution in [0.4, 0.5) is 17.3 Å². The molecule has 11 aromatic rings. The van der Waals surface area contributed by atoms with Crippen LogP contribution in [0.1, 0.15) is 11.1 Å². The fraction of sp³-hybridized carbons (Fsp3) is 0.0185. The van der Waals surface area contributed by atoms with Crippen LogP contribution in [-0.4, -0.2) is 24.9 Å². The maximum atomic E-state index is 5.31. The number of aromatic nitrogens is 5. The van der Waals surface area contributed by atoms with Crippen LogP contribution in [0.15, 0.2) is 194 Å². The average Bonchev–Trinajstić information content (AvgIpc) is 3.72. The molecule has 0 unspecified atom stereocenters. The molecule has 61 heavy (non-hydrogen) atoms. The number of fused-ring (bicyclic) bond motifs is 6. The van der Waals surface area contributed by atoms with E-state index in [-0.39, 0.29) is 0 Å². The van der Waals surface area contributed by atoms with Crippen molar-refractivity contribution < 1.29 is 0 Å². The molecule has 12 rings (SSSR count). The van der Waals surface area contributed by atoms with Gasteiger partial charge in [-0.3, -0.25) is 4.90 Å². The van der Waals surface area contributed by atoms with Crippen LogP contribution < -0.4 is 4.90 Å². The first-order valence-electron chi connectivity index (χ1n) is 20.4. The van der Waals surface area contributed by atoms with E-state index in [4.69, 9.17) is 24.9 Å². The second-order valence-corrected chi connectivity index (χ2v) is 16.4. The highest BCUT2D eigenvalue weighted by atomic mass is 32.1. The Labute approximate surface area is 356 Å². The van der Waals surface area contributed by atoms with Crippen molar-refractivity contribution >= 4 is 59.7 Å². The highest BCUT2D eigenvalue weighted by Crippen LogP contribution is 2.46. The third kappa shape index (κ3) is 6.13. The number of anilines is 3. The van der Waals surface area contributed by atoms with E-state index in [1.54, 1.807) is 11.3 Å². The molecule has 1 aliphatic rings. The van der Waals surface area contributed by atoms with Crippen molar-refractivity contribution in [1.82, 2.24) is 24.9 Å². The molecular formula is C54H34N6S. The van der Waals surface area contributed by atoms with Crippen LogP contribution in [0, 0.1) is 0 Å². The zero-order valence-electron chi connectivity index (χ0n) is 32.8. The van der Waals surface area contributed by atoms with Gasteiger partial charge in [0.2, 0.25) is 5.95 Å². The maximum Gasteiger partial charge on any atom is 0.235 e. The van der Waals surface area contributed by atoms with Gasteiger partial charge < -0.3 is 0 Å². The van der Waals surface area contributed by atoms with E-state index in [2.05, 4.69) is 126 Å². The minimum Gasteiger partial charge on any atom is -0.279 e. The van der Waals surface area contributed by atoms with E-state index in [1.807, 2.05) is 72.8 Å². The van der Waals surface area contributed by atoms with Gasteiger partial charge in [-0.25, -0.2) is 24.9 Å². The number of thiophene rings is 1. The number of hydrogen-bond donors (Lipinski definition) is 0. The summed E-state index contributed by atoms with van der Waals surface area (Å²) in [6, 6.07) is 67.7. The number of nitrogens with zero attached hydrogens (tertiary/aromatic N) is 6. The maximum absolute atomic E-state index is 5.31. The van der Waals surface area contributed by atoms with Crippen LogP contribution in [0.2, 0.25) is 0 Å². The monoisotopic (exact) mass is 798 g/mol. The van der Waals surface area contributed by atoms with Gasteiger partial charge in [0.1, 0.15) is 0 Å². The van der Waals surface area contributed by atoms with E-state index in [1.165, 1.54) is 25.9 Å². The molecule has 3 aromatic heterocycles. The van der Waals surface area contributed by atoms with Crippen LogP contribution in [0.25, 0.3) is 87.6 Å². The first kappa shape index (κ1) is 35.1. The lowest BCUT2D eigenvalue weighted by atomic mass is 9.92. The zero-order valence-corrected chi connectivity index (χ0v) is 33.6.